The summed E-state index contributed by atoms with van der Waals surface area (Å²) in [6, 6.07) is 8.92. The molecule has 0 saturated heterocycles. The second-order valence-electron chi connectivity index (χ2n) is 4.98. The highest BCUT2D eigenvalue weighted by Crippen LogP contribution is 2.22. The van der Waals surface area contributed by atoms with Gasteiger partial charge in [-0.3, -0.25) is 0 Å². The fourth-order valence-corrected chi connectivity index (χ4v) is 2.57. The molecule has 1 aromatic rings. The van der Waals surface area contributed by atoms with Crippen LogP contribution in [0.1, 0.15) is 57.2 Å². The van der Waals surface area contributed by atoms with E-state index in [-0.39, 0.29) is 6.04 Å². The predicted molar refractivity (Wildman–Crippen MR) is 79.7 cm³/mol. The van der Waals surface area contributed by atoms with Gasteiger partial charge in [0.25, 0.3) is 0 Å². The second-order valence-corrected chi connectivity index (χ2v) is 6.45. The van der Waals surface area contributed by atoms with Gasteiger partial charge in [-0.15, -0.1) is 0 Å². The highest BCUT2D eigenvalue weighted by atomic mass is 32.2. The Labute approximate surface area is 110 Å². The van der Waals surface area contributed by atoms with Gasteiger partial charge in [-0.1, -0.05) is 52.0 Å². The molecule has 2 atom stereocenters. The Morgan fingerprint density at radius 3 is 2.06 bits per heavy atom. The Kier molecular flexibility index (Phi) is 6.07. The van der Waals surface area contributed by atoms with E-state index in [9.17, 15) is 0 Å². The van der Waals surface area contributed by atoms with Crippen molar-refractivity contribution >= 4 is 11.8 Å². The largest absolute Gasteiger partial charge is 0.323 e. The molecule has 1 rings (SSSR count). The normalized spacial score (nSPS) is 14.9. The topological polar surface area (TPSA) is 26.0 Å². The summed E-state index contributed by atoms with van der Waals surface area (Å²) in [6.45, 7) is 8.92. The van der Waals surface area contributed by atoms with Gasteiger partial charge in [0.15, 0.2) is 0 Å². The minimum Gasteiger partial charge on any atom is -0.323 e. The molecular formula is C15H25NS. The molecule has 0 radical (unpaired) electrons. The Bertz CT molecular complexity index is 318. The molecule has 0 aliphatic carbocycles. The fourth-order valence-electron chi connectivity index (χ4n) is 1.61. The lowest BCUT2D eigenvalue weighted by Crippen LogP contribution is -2.14. The van der Waals surface area contributed by atoms with Gasteiger partial charge in [-0.25, -0.2) is 0 Å². The van der Waals surface area contributed by atoms with Crippen molar-refractivity contribution < 1.29 is 0 Å². The summed E-state index contributed by atoms with van der Waals surface area (Å²) in [5, 5.41) is 0.705. The summed E-state index contributed by atoms with van der Waals surface area (Å²) in [5.41, 5.74) is 8.84. The Morgan fingerprint density at radius 2 is 1.59 bits per heavy atom. The van der Waals surface area contributed by atoms with Crippen LogP contribution in [0.15, 0.2) is 24.3 Å². The Balaban J connectivity index is 2.54. The summed E-state index contributed by atoms with van der Waals surface area (Å²) in [6.07, 6.45) is 1.21. The third-order valence-corrected chi connectivity index (χ3v) is 4.62. The van der Waals surface area contributed by atoms with E-state index >= 15 is 0 Å². The fraction of sp³-hybridized carbons (Fsp3) is 0.600. The summed E-state index contributed by atoms with van der Waals surface area (Å²) in [5.74, 6) is 1.60. The summed E-state index contributed by atoms with van der Waals surface area (Å²) < 4.78 is 0. The molecule has 96 valence electrons. The number of rotatable bonds is 6. The first-order chi connectivity index (χ1) is 8.04. The van der Waals surface area contributed by atoms with Crippen molar-refractivity contribution in [1.82, 2.24) is 0 Å². The first-order valence-corrected chi connectivity index (χ1v) is 7.56. The van der Waals surface area contributed by atoms with E-state index in [1.165, 1.54) is 17.5 Å². The van der Waals surface area contributed by atoms with E-state index in [1.54, 1.807) is 0 Å². The third kappa shape index (κ3) is 4.72. The van der Waals surface area contributed by atoms with E-state index in [2.05, 4.69) is 52.0 Å². The molecule has 0 bridgehead atoms. The summed E-state index contributed by atoms with van der Waals surface area (Å²) >= 11 is 1.96. The molecule has 0 spiro atoms. The van der Waals surface area contributed by atoms with Crippen molar-refractivity contribution in [3.05, 3.63) is 35.4 Å². The van der Waals surface area contributed by atoms with E-state index in [4.69, 9.17) is 5.73 Å². The highest BCUT2D eigenvalue weighted by Gasteiger charge is 2.09. The Morgan fingerprint density at radius 1 is 1.06 bits per heavy atom. The lowest BCUT2D eigenvalue weighted by molar-refractivity contribution is 0.814. The number of hydrogen-bond donors (Lipinski definition) is 1. The number of benzene rings is 1. The molecule has 0 aromatic heterocycles. The van der Waals surface area contributed by atoms with Crippen molar-refractivity contribution in [1.29, 1.82) is 0 Å². The zero-order valence-electron chi connectivity index (χ0n) is 11.4. The second kappa shape index (κ2) is 7.07. The maximum atomic E-state index is 6.20. The molecule has 0 heterocycles. The smallest absolute Gasteiger partial charge is 0.0386 e. The zero-order chi connectivity index (χ0) is 12.8. The molecule has 0 fully saturated rings. The van der Waals surface area contributed by atoms with Crippen LogP contribution in [-0.4, -0.2) is 11.0 Å². The zero-order valence-corrected chi connectivity index (χ0v) is 12.3. The molecular weight excluding hydrogens is 226 g/mol. The average Bonchev–Trinajstić information content (AvgIpc) is 2.35. The minimum absolute atomic E-state index is 0.162. The van der Waals surface area contributed by atoms with Crippen LogP contribution in [0.5, 0.6) is 0 Å². The van der Waals surface area contributed by atoms with Gasteiger partial charge in [-0.2, -0.15) is 11.8 Å². The first-order valence-electron chi connectivity index (χ1n) is 6.51. The quantitative estimate of drug-likeness (QED) is 0.814. The van der Waals surface area contributed by atoms with Crippen LogP contribution in [0.2, 0.25) is 0 Å². The summed E-state index contributed by atoms with van der Waals surface area (Å²) in [7, 11) is 0. The molecule has 17 heavy (non-hydrogen) atoms. The van der Waals surface area contributed by atoms with Crippen molar-refractivity contribution in [3.8, 4) is 0 Å². The first kappa shape index (κ1) is 14.6. The monoisotopic (exact) mass is 251 g/mol. The number of nitrogens with two attached hydrogens (primary N) is 1. The molecule has 1 nitrogen and oxygen atoms in total. The third-order valence-electron chi connectivity index (χ3n) is 3.17. The van der Waals surface area contributed by atoms with Gasteiger partial charge in [-0.05, 0) is 23.5 Å². The highest BCUT2D eigenvalue weighted by molar-refractivity contribution is 7.99. The van der Waals surface area contributed by atoms with Crippen molar-refractivity contribution in [2.24, 2.45) is 5.73 Å². The van der Waals surface area contributed by atoms with E-state index in [0.29, 0.717) is 11.2 Å². The van der Waals surface area contributed by atoms with Crippen LogP contribution in [-0.2, 0) is 0 Å². The summed E-state index contributed by atoms with van der Waals surface area (Å²) in [4.78, 5) is 0. The van der Waals surface area contributed by atoms with Crippen LogP contribution in [0.4, 0.5) is 0 Å². The molecule has 2 unspecified atom stereocenters. The predicted octanol–water partition coefficient (Wildman–Crippen LogP) is 4.34. The average molecular weight is 251 g/mol. The van der Waals surface area contributed by atoms with Crippen LogP contribution in [0.25, 0.3) is 0 Å². The van der Waals surface area contributed by atoms with Crippen LogP contribution < -0.4 is 5.73 Å². The molecule has 2 N–H and O–H groups in total. The molecule has 0 amide bonds. The van der Waals surface area contributed by atoms with Gasteiger partial charge >= 0.3 is 0 Å². The maximum Gasteiger partial charge on any atom is 0.0386 e. The maximum absolute atomic E-state index is 6.20. The van der Waals surface area contributed by atoms with Gasteiger partial charge in [0.2, 0.25) is 0 Å². The molecule has 1 aromatic carbocycles. The molecule has 0 saturated carbocycles. The van der Waals surface area contributed by atoms with Crippen LogP contribution >= 0.6 is 11.8 Å². The van der Waals surface area contributed by atoms with Gasteiger partial charge < -0.3 is 5.73 Å². The lowest BCUT2D eigenvalue weighted by Gasteiger charge is -2.15. The Hall–Kier alpha value is -0.470. The van der Waals surface area contributed by atoms with Crippen molar-refractivity contribution in [3.63, 3.8) is 0 Å². The molecule has 0 aliphatic rings. The lowest BCUT2D eigenvalue weighted by atomic mass is 10.00. The van der Waals surface area contributed by atoms with Crippen LogP contribution in [0.3, 0.4) is 0 Å². The number of hydrogen-bond acceptors (Lipinski definition) is 2. The minimum atomic E-state index is 0.162. The molecule has 0 aliphatic heterocycles. The standard InChI is InChI=1S/C15H25NS/c1-5-12(4)17-10-15(16)14-8-6-13(7-9-14)11(2)3/h6-9,11-12,15H,5,10,16H2,1-4H3. The van der Waals surface area contributed by atoms with Crippen LogP contribution in [0, 0.1) is 0 Å². The molecule has 2 heteroatoms. The van der Waals surface area contributed by atoms with Crippen molar-refractivity contribution in [2.75, 3.05) is 5.75 Å². The number of thioether (sulfide) groups is 1. The SMILES string of the molecule is CCC(C)SCC(N)c1ccc(C(C)C)cc1. The van der Waals surface area contributed by atoms with Gasteiger partial charge in [0.1, 0.15) is 0 Å². The van der Waals surface area contributed by atoms with E-state index in [0.717, 1.165) is 5.75 Å². The van der Waals surface area contributed by atoms with Crippen molar-refractivity contribution in [2.45, 2.75) is 51.3 Å². The van der Waals surface area contributed by atoms with Gasteiger partial charge in [0.05, 0.1) is 0 Å². The van der Waals surface area contributed by atoms with E-state index < -0.39 is 0 Å². The van der Waals surface area contributed by atoms with E-state index in [1.807, 2.05) is 11.8 Å². The van der Waals surface area contributed by atoms with Gasteiger partial charge in [0, 0.05) is 17.0 Å².